The summed E-state index contributed by atoms with van der Waals surface area (Å²) in [6.07, 6.45) is 6.88. The Labute approximate surface area is 201 Å². The van der Waals surface area contributed by atoms with E-state index in [4.69, 9.17) is 21.5 Å². The summed E-state index contributed by atoms with van der Waals surface area (Å²) in [4.78, 5) is 19.5. The summed E-state index contributed by atoms with van der Waals surface area (Å²) in [5, 5.41) is 15.5. The second-order valence-corrected chi connectivity index (χ2v) is 8.31. The van der Waals surface area contributed by atoms with Crippen LogP contribution in [0.2, 0.25) is 0 Å². The molecule has 1 amide bonds. The van der Waals surface area contributed by atoms with E-state index >= 15 is 0 Å². The maximum atomic E-state index is 13.9. The highest BCUT2D eigenvalue weighted by Crippen LogP contribution is 2.29. The molecule has 0 saturated heterocycles. The monoisotopic (exact) mass is 483 g/mol. The lowest BCUT2D eigenvalue weighted by Crippen LogP contribution is -2.52. The Kier molecular flexibility index (Phi) is 8.69. The molecular weight excluding hydrogens is 456 g/mol. The lowest BCUT2D eigenvalue weighted by Gasteiger charge is -2.40. The van der Waals surface area contributed by atoms with Crippen LogP contribution in [0.1, 0.15) is 31.2 Å². The molecule has 1 aromatic carbocycles. The van der Waals surface area contributed by atoms with Crippen LogP contribution in [-0.4, -0.2) is 34.9 Å². The number of carbonyl (C=O) groups is 1. The largest absolute Gasteiger partial charge is 0.425 e. The van der Waals surface area contributed by atoms with Gasteiger partial charge in [-0.1, -0.05) is 18.2 Å². The van der Waals surface area contributed by atoms with E-state index in [1.54, 1.807) is 24.5 Å². The normalized spacial score (nSPS) is 20.7. The molecule has 3 rings (SSSR count). The second-order valence-electron chi connectivity index (χ2n) is 8.31. The number of ether oxygens (including phenoxy) is 1. The molecule has 0 radical (unpaired) electrons. The van der Waals surface area contributed by atoms with Gasteiger partial charge in [-0.25, -0.2) is 14.4 Å². The van der Waals surface area contributed by atoms with Gasteiger partial charge >= 0.3 is 0 Å². The summed E-state index contributed by atoms with van der Waals surface area (Å²) in [6, 6.07) is 9.23. The molecule has 35 heavy (non-hydrogen) atoms. The number of nitrogens with zero attached hydrogens (tertiary/aromatic N) is 3. The van der Waals surface area contributed by atoms with Gasteiger partial charge in [0.05, 0.1) is 16.8 Å². The minimum atomic E-state index is -0.829. The Morgan fingerprint density at radius 3 is 2.69 bits per heavy atom. The van der Waals surface area contributed by atoms with Crippen molar-refractivity contribution in [3.63, 3.8) is 0 Å². The number of amidine groups is 1. The summed E-state index contributed by atoms with van der Waals surface area (Å²) < 4.78 is 32.3. The molecule has 0 atom stereocenters. The second kappa shape index (κ2) is 11.9. The Hall–Kier alpha value is -4.04. The number of amides is 1. The molecule has 0 aliphatic heterocycles. The van der Waals surface area contributed by atoms with E-state index in [1.807, 2.05) is 0 Å². The van der Waals surface area contributed by atoms with E-state index in [0.29, 0.717) is 24.9 Å². The Morgan fingerprint density at radius 1 is 1.29 bits per heavy atom. The van der Waals surface area contributed by atoms with Crippen molar-refractivity contribution in [2.75, 3.05) is 6.61 Å². The lowest BCUT2D eigenvalue weighted by molar-refractivity contribution is -0.114. The van der Waals surface area contributed by atoms with Crippen LogP contribution in [0.3, 0.4) is 0 Å². The lowest BCUT2D eigenvalue weighted by atomic mass is 9.79. The molecule has 0 bridgehead atoms. The van der Waals surface area contributed by atoms with Gasteiger partial charge in [-0.05, 0) is 37.8 Å². The summed E-state index contributed by atoms with van der Waals surface area (Å²) in [7, 11) is 0. The number of nitrogens with two attached hydrogens (primary N) is 2. The van der Waals surface area contributed by atoms with Crippen LogP contribution >= 0.6 is 0 Å². The predicted molar refractivity (Wildman–Crippen MR) is 126 cm³/mol. The first kappa shape index (κ1) is 25.6. The molecule has 0 spiro atoms. The number of hydrogen-bond acceptors (Lipinski definition) is 7. The van der Waals surface area contributed by atoms with E-state index in [1.165, 1.54) is 24.5 Å². The number of benzene rings is 1. The average Bonchev–Trinajstić information content (AvgIpc) is 2.83. The zero-order valence-corrected chi connectivity index (χ0v) is 19.0. The van der Waals surface area contributed by atoms with Crippen molar-refractivity contribution in [2.24, 2.45) is 16.5 Å². The van der Waals surface area contributed by atoms with Crippen LogP contribution in [0, 0.1) is 23.3 Å². The van der Waals surface area contributed by atoms with Crippen LogP contribution in [0.4, 0.5) is 14.5 Å². The van der Waals surface area contributed by atoms with Crippen molar-refractivity contribution in [3.8, 4) is 6.26 Å². The van der Waals surface area contributed by atoms with Gasteiger partial charge in [0.15, 0.2) is 0 Å². The van der Waals surface area contributed by atoms with Crippen LogP contribution in [0.15, 0.2) is 59.4 Å². The summed E-state index contributed by atoms with van der Waals surface area (Å²) >= 11 is 0. The number of pyridine rings is 1. The first-order valence-corrected chi connectivity index (χ1v) is 11.0. The minimum absolute atomic E-state index is 0.0681. The molecule has 1 saturated carbocycles. The molecule has 1 fully saturated rings. The zero-order chi connectivity index (χ0) is 25.3. The van der Waals surface area contributed by atoms with Gasteiger partial charge in [0, 0.05) is 36.6 Å². The highest BCUT2D eigenvalue weighted by molar-refractivity contribution is 6.20. The molecule has 6 N–H and O–H groups in total. The van der Waals surface area contributed by atoms with Crippen molar-refractivity contribution in [1.29, 1.82) is 5.26 Å². The zero-order valence-electron chi connectivity index (χ0n) is 19.0. The molecular formula is C24H27F2N7O2. The van der Waals surface area contributed by atoms with E-state index < -0.39 is 17.4 Å². The highest BCUT2D eigenvalue weighted by atomic mass is 19.1. The first-order chi connectivity index (χ1) is 16.8. The summed E-state index contributed by atoms with van der Waals surface area (Å²) in [5.41, 5.74) is 11.5. The molecule has 0 unspecified atom stereocenters. The number of halogens is 2. The third-order valence-electron chi connectivity index (χ3n) is 5.92. The fourth-order valence-corrected chi connectivity index (χ4v) is 3.93. The van der Waals surface area contributed by atoms with Crippen LogP contribution in [0.25, 0.3) is 0 Å². The number of hydrogen-bond donors (Lipinski definition) is 4. The van der Waals surface area contributed by atoms with Gasteiger partial charge in [0.2, 0.25) is 5.95 Å². The van der Waals surface area contributed by atoms with Crippen molar-refractivity contribution < 1.29 is 18.3 Å². The smallest absolute Gasteiger partial charge is 0.286 e. The van der Waals surface area contributed by atoms with Gasteiger partial charge < -0.3 is 26.8 Å². The Bertz CT molecular complexity index is 1140. The fourth-order valence-electron chi connectivity index (χ4n) is 3.93. The standard InChI is InChI=1S/C24H27F2N7O2/c25-20-4-2-1-3-16(20)12-31-17-5-8-24(9-6-17,14-35-15-27)32-13-19(23(29)34)22(28)33-18-7-10-30-21(26)11-18/h1-4,7,10-11,13,17,31-32H,5-6,8-9,12,14H2,(H2,29,34)(H2,28,30,33)/b19-13+. The number of aromatic nitrogens is 1. The van der Waals surface area contributed by atoms with Crippen molar-refractivity contribution >= 4 is 17.4 Å². The maximum Gasteiger partial charge on any atom is 0.286 e. The topological polar surface area (TPSA) is 151 Å². The Balaban J connectivity index is 1.69. The Morgan fingerprint density at radius 2 is 2.03 bits per heavy atom. The van der Waals surface area contributed by atoms with Crippen LogP contribution in [-0.2, 0) is 16.1 Å². The number of primary amides is 1. The van der Waals surface area contributed by atoms with Crippen molar-refractivity contribution in [3.05, 3.63) is 71.7 Å². The summed E-state index contributed by atoms with van der Waals surface area (Å²) in [6.45, 7) is 0.472. The molecule has 184 valence electrons. The average molecular weight is 484 g/mol. The van der Waals surface area contributed by atoms with E-state index in [9.17, 15) is 13.6 Å². The van der Waals surface area contributed by atoms with Crippen LogP contribution in [0.5, 0.6) is 0 Å². The third-order valence-corrected chi connectivity index (χ3v) is 5.92. The number of carbonyl (C=O) groups excluding carboxylic acids is 1. The van der Waals surface area contributed by atoms with Gasteiger partial charge in [-0.15, -0.1) is 0 Å². The van der Waals surface area contributed by atoms with E-state index in [2.05, 4.69) is 20.6 Å². The molecule has 2 aromatic rings. The van der Waals surface area contributed by atoms with Crippen LogP contribution < -0.4 is 22.1 Å². The van der Waals surface area contributed by atoms with Gasteiger partial charge in [0.1, 0.15) is 18.3 Å². The number of nitriles is 1. The molecule has 9 nitrogen and oxygen atoms in total. The van der Waals surface area contributed by atoms with Gasteiger partial charge in [-0.3, -0.25) is 4.79 Å². The highest BCUT2D eigenvalue weighted by Gasteiger charge is 2.36. The quantitative estimate of drug-likeness (QED) is 0.133. The van der Waals surface area contributed by atoms with Crippen molar-refractivity contribution in [1.82, 2.24) is 15.6 Å². The minimum Gasteiger partial charge on any atom is -0.425 e. The van der Waals surface area contributed by atoms with Gasteiger partial charge in [0.25, 0.3) is 12.2 Å². The van der Waals surface area contributed by atoms with Crippen molar-refractivity contribution in [2.45, 2.75) is 43.8 Å². The maximum absolute atomic E-state index is 13.9. The third kappa shape index (κ3) is 7.22. The number of nitrogens with one attached hydrogen (secondary N) is 2. The van der Waals surface area contributed by atoms with Gasteiger partial charge in [-0.2, -0.15) is 9.65 Å². The number of rotatable bonds is 10. The fraction of sp³-hybridized carbons (Fsp3) is 0.333. The first-order valence-electron chi connectivity index (χ1n) is 11.0. The molecule has 1 aromatic heterocycles. The van der Waals surface area contributed by atoms with E-state index in [0.717, 1.165) is 18.9 Å². The van der Waals surface area contributed by atoms with E-state index in [-0.39, 0.29) is 35.6 Å². The molecule has 1 aliphatic carbocycles. The molecule has 1 heterocycles. The predicted octanol–water partition coefficient (Wildman–Crippen LogP) is 2.28. The molecule has 1 aliphatic rings. The SMILES string of the molecule is N#COCC1(N/C=C(/C(N)=O)C(N)=Nc2ccnc(F)c2)CCC(NCc2ccccc2F)CC1. The number of aliphatic imine (C=N–C) groups is 1. The molecule has 11 heteroatoms. The summed E-state index contributed by atoms with van der Waals surface area (Å²) in [5.74, 6) is -2.03.